The summed E-state index contributed by atoms with van der Waals surface area (Å²) in [6, 6.07) is 11.2. The number of benzene rings is 1. The van der Waals surface area contributed by atoms with Gasteiger partial charge in [0.25, 0.3) is 5.91 Å². The summed E-state index contributed by atoms with van der Waals surface area (Å²) in [6.07, 6.45) is 3.24. The molecule has 1 aliphatic rings. The van der Waals surface area contributed by atoms with Gasteiger partial charge in [-0.05, 0) is 25.0 Å². The highest BCUT2D eigenvalue weighted by Crippen LogP contribution is 2.19. The molecular weight excluding hydrogens is 252 g/mol. The molecule has 0 radical (unpaired) electrons. The topological polar surface area (TPSA) is 62.2 Å². The number of nitrogens with zero attached hydrogens (tertiary/aromatic N) is 1. The Morgan fingerprint density at radius 1 is 1.15 bits per heavy atom. The smallest absolute Gasteiger partial charge is 0.270 e. The van der Waals surface area contributed by atoms with Crippen LogP contribution in [-0.4, -0.2) is 28.1 Å². The van der Waals surface area contributed by atoms with Crippen molar-refractivity contribution in [3.63, 3.8) is 0 Å². The molecule has 0 spiro atoms. The molecule has 20 heavy (non-hydrogen) atoms. The van der Waals surface area contributed by atoms with Gasteiger partial charge in [0, 0.05) is 5.39 Å². The number of para-hydroxylation sites is 1. The fraction of sp³-hybridized carbons (Fsp3) is 0.375. The second-order valence-electron chi connectivity index (χ2n) is 5.32. The number of aliphatic hydroxyl groups is 1. The van der Waals surface area contributed by atoms with E-state index in [0.29, 0.717) is 5.69 Å². The second kappa shape index (κ2) is 5.59. The molecule has 2 atom stereocenters. The first-order valence-electron chi connectivity index (χ1n) is 7.09. The predicted molar refractivity (Wildman–Crippen MR) is 77.5 cm³/mol. The van der Waals surface area contributed by atoms with Gasteiger partial charge in [-0.3, -0.25) is 4.79 Å². The van der Waals surface area contributed by atoms with Gasteiger partial charge in [-0.2, -0.15) is 0 Å². The molecule has 3 rings (SSSR count). The highest BCUT2D eigenvalue weighted by Gasteiger charge is 2.25. The normalized spacial score (nSPS) is 22.6. The number of carbonyl (C=O) groups excluding carboxylic acids is 1. The molecule has 1 aromatic heterocycles. The number of pyridine rings is 1. The van der Waals surface area contributed by atoms with E-state index < -0.39 is 6.10 Å². The molecule has 1 saturated carbocycles. The fourth-order valence-corrected chi connectivity index (χ4v) is 2.71. The monoisotopic (exact) mass is 270 g/mol. The van der Waals surface area contributed by atoms with Crippen LogP contribution >= 0.6 is 0 Å². The van der Waals surface area contributed by atoms with Crippen molar-refractivity contribution in [2.45, 2.75) is 37.8 Å². The maximum absolute atomic E-state index is 12.2. The Balaban J connectivity index is 1.78. The average Bonchev–Trinajstić information content (AvgIpc) is 2.49. The van der Waals surface area contributed by atoms with Crippen LogP contribution in [0.3, 0.4) is 0 Å². The average molecular weight is 270 g/mol. The Morgan fingerprint density at radius 3 is 2.80 bits per heavy atom. The van der Waals surface area contributed by atoms with Gasteiger partial charge in [-0.15, -0.1) is 0 Å². The minimum atomic E-state index is -0.437. The van der Waals surface area contributed by atoms with Crippen molar-refractivity contribution in [3.8, 4) is 0 Å². The molecule has 4 heteroatoms. The van der Waals surface area contributed by atoms with Gasteiger partial charge in [-0.25, -0.2) is 4.98 Å². The van der Waals surface area contributed by atoms with Crippen molar-refractivity contribution < 1.29 is 9.90 Å². The highest BCUT2D eigenvalue weighted by molar-refractivity contribution is 5.95. The van der Waals surface area contributed by atoms with Crippen molar-refractivity contribution in [2.24, 2.45) is 0 Å². The molecule has 1 aliphatic carbocycles. The lowest BCUT2D eigenvalue weighted by molar-refractivity contribution is 0.0714. The van der Waals surface area contributed by atoms with Crippen LogP contribution in [0.5, 0.6) is 0 Å². The molecule has 2 aromatic rings. The summed E-state index contributed by atoms with van der Waals surface area (Å²) in [6.45, 7) is 0. The molecule has 0 aliphatic heterocycles. The zero-order chi connectivity index (χ0) is 13.9. The van der Waals surface area contributed by atoms with Crippen LogP contribution in [0, 0.1) is 0 Å². The summed E-state index contributed by atoms with van der Waals surface area (Å²) < 4.78 is 0. The zero-order valence-corrected chi connectivity index (χ0v) is 11.2. The van der Waals surface area contributed by atoms with Crippen LogP contribution in [0.1, 0.15) is 36.2 Å². The Morgan fingerprint density at radius 2 is 1.95 bits per heavy atom. The van der Waals surface area contributed by atoms with Crippen molar-refractivity contribution in [3.05, 3.63) is 42.1 Å². The van der Waals surface area contributed by atoms with Crippen LogP contribution in [0.15, 0.2) is 36.4 Å². The molecule has 1 heterocycles. The second-order valence-corrected chi connectivity index (χ2v) is 5.32. The van der Waals surface area contributed by atoms with E-state index in [1.54, 1.807) is 6.07 Å². The molecule has 1 amide bonds. The number of hydrogen-bond donors (Lipinski definition) is 2. The van der Waals surface area contributed by atoms with Crippen LogP contribution in [0.4, 0.5) is 0 Å². The molecular formula is C16H18N2O2. The minimum Gasteiger partial charge on any atom is -0.391 e. The van der Waals surface area contributed by atoms with Gasteiger partial charge >= 0.3 is 0 Å². The Bertz CT molecular complexity index is 627. The summed E-state index contributed by atoms with van der Waals surface area (Å²) in [7, 11) is 0. The number of carbonyl (C=O) groups is 1. The summed E-state index contributed by atoms with van der Waals surface area (Å²) >= 11 is 0. The van der Waals surface area contributed by atoms with Crippen molar-refractivity contribution >= 4 is 16.8 Å². The fourth-order valence-electron chi connectivity index (χ4n) is 2.71. The third-order valence-corrected chi connectivity index (χ3v) is 3.88. The standard InChI is InChI=1S/C16H18N2O2/c19-15-8-4-3-7-13(15)18-16(20)14-10-9-11-5-1-2-6-12(11)17-14/h1-2,5-6,9-10,13,15,19H,3-4,7-8H2,(H,18,20)/t13-,15-/m0/s1. The van der Waals surface area contributed by atoms with Gasteiger partial charge < -0.3 is 10.4 Å². The SMILES string of the molecule is O=C(N[C@H]1CCCC[C@@H]1O)c1ccc2ccccc2n1. The van der Waals surface area contributed by atoms with Gasteiger partial charge in [-0.1, -0.05) is 37.1 Å². The maximum Gasteiger partial charge on any atom is 0.270 e. The summed E-state index contributed by atoms with van der Waals surface area (Å²) in [5.74, 6) is -0.207. The van der Waals surface area contributed by atoms with E-state index in [2.05, 4.69) is 10.3 Å². The number of nitrogens with one attached hydrogen (secondary N) is 1. The number of aliphatic hydroxyl groups excluding tert-OH is 1. The van der Waals surface area contributed by atoms with E-state index in [9.17, 15) is 9.90 Å². The first kappa shape index (κ1) is 13.1. The van der Waals surface area contributed by atoms with Gasteiger partial charge in [0.1, 0.15) is 5.69 Å². The Labute approximate surface area is 117 Å². The first-order chi connectivity index (χ1) is 9.74. The molecule has 4 nitrogen and oxygen atoms in total. The quantitative estimate of drug-likeness (QED) is 0.880. The van der Waals surface area contributed by atoms with E-state index in [1.165, 1.54) is 0 Å². The van der Waals surface area contributed by atoms with E-state index >= 15 is 0 Å². The molecule has 104 valence electrons. The van der Waals surface area contributed by atoms with Crippen LogP contribution < -0.4 is 5.32 Å². The van der Waals surface area contributed by atoms with Crippen molar-refractivity contribution in [1.82, 2.24) is 10.3 Å². The molecule has 1 fully saturated rings. The third kappa shape index (κ3) is 2.65. The number of fused-ring (bicyclic) bond motifs is 1. The van der Waals surface area contributed by atoms with Gasteiger partial charge in [0.05, 0.1) is 17.7 Å². The van der Waals surface area contributed by atoms with E-state index in [-0.39, 0.29) is 11.9 Å². The van der Waals surface area contributed by atoms with Crippen LogP contribution in [0.25, 0.3) is 10.9 Å². The van der Waals surface area contributed by atoms with Gasteiger partial charge in [0.2, 0.25) is 0 Å². The zero-order valence-electron chi connectivity index (χ0n) is 11.2. The Hall–Kier alpha value is -1.94. The lowest BCUT2D eigenvalue weighted by atomic mass is 9.92. The summed E-state index contributed by atoms with van der Waals surface area (Å²) in [4.78, 5) is 16.6. The lowest BCUT2D eigenvalue weighted by Gasteiger charge is -2.28. The highest BCUT2D eigenvalue weighted by atomic mass is 16.3. The largest absolute Gasteiger partial charge is 0.391 e. The van der Waals surface area contributed by atoms with Crippen LogP contribution in [0.2, 0.25) is 0 Å². The van der Waals surface area contributed by atoms with Gasteiger partial charge in [0.15, 0.2) is 0 Å². The molecule has 2 N–H and O–H groups in total. The van der Waals surface area contributed by atoms with E-state index in [0.717, 1.165) is 36.6 Å². The molecule has 1 aromatic carbocycles. The van der Waals surface area contributed by atoms with E-state index in [1.807, 2.05) is 30.3 Å². The summed E-state index contributed by atoms with van der Waals surface area (Å²) in [5.41, 5.74) is 1.21. The maximum atomic E-state index is 12.2. The Kier molecular flexibility index (Phi) is 3.65. The number of aromatic nitrogens is 1. The first-order valence-corrected chi connectivity index (χ1v) is 7.09. The number of amides is 1. The number of hydrogen-bond acceptors (Lipinski definition) is 3. The van der Waals surface area contributed by atoms with Crippen molar-refractivity contribution in [2.75, 3.05) is 0 Å². The molecule has 0 unspecified atom stereocenters. The summed E-state index contributed by atoms with van der Waals surface area (Å²) in [5, 5.41) is 13.8. The van der Waals surface area contributed by atoms with Crippen LogP contribution in [-0.2, 0) is 0 Å². The lowest BCUT2D eigenvalue weighted by Crippen LogP contribution is -2.45. The number of rotatable bonds is 2. The molecule has 0 saturated heterocycles. The third-order valence-electron chi connectivity index (χ3n) is 3.88. The van der Waals surface area contributed by atoms with E-state index in [4.69, 9.17) is 0 Å². The van der Waals surface area contributed by atoms with Crippen molar-refractivity contribution in [1.29, 1.82) is 0 Å². The predicted octanol–water partition coefficient (Wildman–Crippen LogP) is 2.27. The molecule has 0 bridgehead atoms. The minimum absolute atomic E-state index is 0.149.